The zero-order valence-electron chi connectivity index (χ0n) is 9.75. The van der Waals surface area contributed by atoms with Gasteiger partial charge in [0.25, 0.3) is 0 Å². The molecule has 0 aliphatic carbocycles. The zero-order chi connectivity index (χ0) is 11.7. The number of halogens is 1. The van der Waals surface area contributed by atoms with E-state index in [9.17, 15) is 0 Å². The Morgan fingerprint density at radius 3 is 2.38 bits per heavy atom. The third-order valence-electron chi connectivity index (χ3n) is 2.71. The van der Waals surface area contributed by atoms with Gasteiger partial charge in [-0.25, -0.2) is 0 Å². The first-order valence-electron chi connectivity index (χ1n) is 5.35. The van der Waals surface area contributed by atoms with E-state index >= 15 is 0 Å². The van der Waals surface area contributed by atoms with Gasteiger partial charge in [0.2, 0.25) is 0 Å². The van der Waals surface area contributed by atoms with Gasteiger partial charge in [-0.15, -0.1) is 22.9 Å². The van der Waals surface area contributed by atoms with Crippen molar-refractivity contribution < 1.29 is 0 Å². The highest BCUT2D eigenvalue weighted by atomic mass is 35.5. The average molecular weight is 251 g/mol. The van der Waals surface area contributed by atoms with Crippen LogP contribution < -0.4 is 0 Å². The smallest absolute Gasteiger partial charge is 0.0930 e. The van der Waals surface area contributed by atoms with Gasteiger partial charge in [0.05, 0.1) is 5.38 Å². The van der Waals surface area contributed by atoms with Crippen molar-refractivity contribution in [2.45, 2.75) is 26.1 Å². The second kappa shape index (κ2) is 4.60. The topological polar surface area (TPSA) is 0 Å². The van der Waals surface area contributed by atoms with E-state index in [1.807, 2.05) is 0 Å². The summed E-state index contributed by atoms with van der Waals surface area (Å²) in [6, 6.07) is 10.7. The molecular weight excluding hydrogens is 236 g/mol. The molecule has 1 aromatic carbocycles. The van der Waals surface area contributed by atoms with E-state index in [2.05, 4.69) is 51.1 Å². The van der Waals surface area contributed by atoms with Gasteiger partial charge in [0, 0.05) is 9.75 Å². The SMILES string of the molecule is Cc1ccc(C(Cl)c2ccc(C)s2)c(C)c1. The molecule has 0 bridgehead atoms. The number of rotatable bonds is 2. The normalized spacial score (nSPS) is 12.8. The molecule has 1 aromatic heterocycles. The van der Waals surface area contributed by atoms with Crippen LogP contribution in [0.5, 0.6) is 0 Å². The van der Waals surface area contributed by atoms with Crippen molar-refractivity contribution >= 4 is 22.9 Å². The first-order chi connectivity index (χ1) is 7.58. The van der Waals surface area contributed by atoms with E-state index in [-0.39, 0.29) is 5.38 Å². The lowest BCUT2D eigenvalue weighted by Crippen LogP contribution is -1.94. The summed E-state index contributed by atoms with van der Waals surface area (Å²) in [6.45, 7) is 6.34. The van der Waals surface area contributed by atoms with Crippen molar-refractivity contribution in [3.05, 3.63) is 56.8 Å². The molecule has 0 amide bonds. The summed E-state index contributed by atoms with van der Waals surface area (Å²) in [5.41, 5.74) is 3.77. The maximum absolute atomic E-state index is 6.51. The molecule has 0 nitrogen and oxygen atoms in total. The fourth-order valence-corrected chi connectivity index (χ4v) is 3.18. The Morgan fingerprint density at radius 1 is 1.06 bits per heavy atom. The predicted molar refractivity (Wildman–Crippen MR) is 72.7 cm³/mol. The van der Waals surface area contributed by atoms with Crippen LogP contribution in [0.25, 0.3) is 0 Å². The average Bonchev–Trinajstić information content (AvgIpc) is 2.64. The highest BCUT2D eigenvalue weighted by Gasteiger charge is 2.14. The summed E-state index contributed by atoms with van der Waals surface area (Å²) in [7, 11) is 0. The minimum absolute atomic E-state index is 0.0145. The second-order valence-electron chi connectivity index (χ2n) is 4.17. The van der Waals surface area contributed by atoms with Crippen molar-refractivity contribution in [3.63, 3.8) is 0 Å². The van der Waals surface area contributed by atoms with Gasteiger partial charge in [-0.1, -0.05) is 23.8 Å². The monoisotopic (exact) mass is 250 g/mol. The minimum atomic E-state index is -0.0145. The molecule has 16 heavy (non-hydrogen) atoms. The van der Waals surface area contributed by atoms with Gasteiger partial charge >= 0.3 is 0 Å². The molecule has 84 valence electrons. The fourth-order valence-electron chi connectivity index (χ4n) is 1.85. The summed E-state index contributed by atoms with van der Waals surface area (Å²) in [6.07, 6.45) is 0. The second-order valence-corrected chi connectivity index (χ2v) is 5.93. The van der Waals surface area contributed by atoms with Gasteiger partial charge in [0.15, 0.2) is 0 Å². The summed E-state index contributed by atoms with van der Waals surface area (Å²) < 4.78 is 0. The predicted octanol–water partition coefficient (Wildman–Crippen LogP) is 5.00. The fraction of sp³-hybridized carbons (Fsp3) is 0.286. The Kier molecular flexibility index (Phi) is 3.36. The molecule has 0 saturated carbocycles. The number of hydrogen-bond acceptors (Lipinski definition) is 1. The zero-order valence-corrected chi connectivity index (χ0v) is 11.3. The molecule has 1 heterocycles. The highest BCUT2D eigenvalue weighted by molar-refractivity contribution is 7.12. The van der Waals surface area contributed by atoms with Crippen molar-refractivity contribution in [1.29, 1.82) is 0 Å². The molecule has 0 spiro atoms. The van der Waals surface area contributed by atoms with Gasteiger partial charge < -0.3 is 0 Å². The minimum Gasteiger partial charge on any atom is -0.144 e. The van der Waals surface area contributed by atoms with Crippen molar-refractivity contribution in [2.24, 2.45) is 0 Å². The van der Waals surface area contributed by atoms with Gasteiger partial charge in [0.1, 0.15) is 0 Å². The van der Waals surface area contributed by atoms with Gasteiger partial charge in [-0.2, -0.15) is 0 Å². The lowest BCUT2D eigenvalue weighted by Gasteiger charge is -2.11. The Balaban J connectivity index is 2.37. The van der Waals surface area contributed by atoms with E-state index in [1.165, 1.54) is 26.4 Å². The Morgan fingerprint density at radius 2 is 1.81 bits per heavy atom. The lowest BCUT2D eigenvalue weighted by atomic mass is 10.0. The quantitative estimate of drug-likeness (QED) is 0.658. The van der Waals surface area contributed by atoms with E-state index in [4.69, 9.17) is 11.6 Å². The first-order valence-corrected chi connectivity index (χ1v) is 6.61. The van der Waals surface area contributed by atoms with Crippen LogP contribution in [0, 0.1) is 20.8 Å². The van der Waals surface area contributed by atoms with Gasteiger partial charge in [-0.3, -0.25) is 0 Å². The van der Waals surface area contributed by atoms with E-state index in [0.717, 1.165) is 0 Å². The third kappa shape index (κ3) is 2.31. The van der Waals surface area contributed by atoms with Crippen LogP contribution in [0.1, 0.15) is 31.8 Å². The molecular formula is C14H15ClS. The van der Waals surface area contributed by atoms with Crippen LogP contribution in [-0.4, -0.2) is 0 Å². The van der Waals surface area contributed by atoms with E-state index < -0.39 is 0 Å². The van der Waals surface area contributed by atoms with Crippen molar-refractivity contribution in [3.8, 4) is 0 Å². The van der Waals surface area contributed by atoms with Crippen molar-refractivity contribution in [1.82, 2.24) is 0 Å². The largest absolute Gasteiger partial charge is 0.144 e. The lowest BCUT2D eigenvalue weighted by molar-refractivity contribution is 1.14. The summed E-state index contributed by atoms with van der Waals surface area (Å²) >= 11 is 8.28. The first kappa shape index (κ1) is 11.7. The van der Waals surface area contributed by atoms with Crippen molar-refractivity contribution in [2.75, 3.05) is 0 Å². The Bertz CT molecular complexity index is 499. The van der Waals surface area contributed by atoms with E-state index in [0.29, 0.717) is 0 Å². The molecule has 1 atom stereocenters. The molecule has 0 radical (unpaired) electrons. The van der Waals surface area contributed by atoms with Crippen LogP contribution in [-0.2, 0) is 0 Å². The summed E-state index contributed by atoms with van der Waals surface area (Å²) in [4.78, 5) is 2.54. The molecule has 0 saturated heterocycles. The van der Waals surface area contributed by atoms with Crippen LogP contribution >= 0.6 is 22.9 Å². The Hall–Kier alpha value is -0.790. The van der Waals surface area contributed by atoms with Crippen LogP contribution in [0.2, 0.25) is 0 Å². The van der Waals surface area contributed by atoms with Crippen LogP contribution in [0.15, 0.2) is 30.3 Å². The highest BCUT2D eigenvalue weighted by Crippen LogP contribution is 2.35. The van der Waals surface area contributed by atoms with Crippen LogP contribution in [0.3, 0.4) is 0 Å². The van der Waals surface area contributed by atoms with E-state index in [1.54, 1.807) is 11.3 Å². The molecule has 0 aliphatic heterocycles. The molecule has 0 fully saturated rings. The number of benzene rings is 1. The maximum atomic E-state index is 6.51. The molecule has 2 heteroatoms. The number of thiophene rings is 1. The Labute approximate surface area is 106 Å². The maximum Gasteiger partial charge on any atom is 0.0930 e. The summed E-state index contributed by atoms with van der Waals surface area (Å²) in [5, 5.41) is -0.0145. The number of aryl methyl sites for hydroxylation is 3. The molecule has 2 rings (SSSR count). The number of hydrogen-bond donors (Lipinski definition) is 0. The van der Waals surface area contributed by atoms with Crippen LogP contribution in [0.4, 0.5) is 0 Å². The molecule has 0 aliphatic rings. The molecule has 1 unspecified atom stereocenters. The molecule has 0 N–H and O–H groups in total. The summed E-state index contributed by atoms with van der Waals surface area (Å²) in [5.74, 6) is 0. The van der Waals surface area contributed by atoms with Gasteiger partial charge in [-0.05, 0) is 44.0 Å². The molecule has 2 aromatic rings. The standard InChI is InChI=1S/C14H15ClS/c1-9-4-6-12(10(2)8-9)14(15)13-7-5-11(3)16-13/h4-8,14H,1-3H3. The third-order valence-corrected chi connectivity index (χ3v) is 4.37. The number of alkyl halides is 1.